The largest absolute Gasteiger partial charge is 0.380 e. The number of rotatable bonds is 10. The summed E-state index contributed by atoms with van der Waals surface area (Å²) in [6.45, 7) is 8.75. The third kappa shape index (κ3) is 5.73. The van der Waals surface area contributed by atoms with Crippen molar-refractivity contribution in [2.75, 3.05) is 26.3 Å². The molecule has 1 N–H and O–H groups in total. The van der Waals surface area contributed by atoms with E-state index in [0.717, 1.165) is 31.8 Å². The zero-order chi connectivity index (χ0) is 15.1. The first-order valence-corrected chi connectivity index (χ1v) is 8.03. The second kappa shape index (κ2) is 8.47. The lowest BCUT2D eigenvalue weighted by Gasteiger charge is -2.21. The summed E-state index contributed by atoms with van der Waals surface area (Å²) in [6.07, 6.45) is 2.55. The Hall–Kier alpha value is -0.970. The first-order valence-electron chi connectivity index (χ1n) is 8.03. The van der Waals surface area contributed by atoms with Gasteiger partial charge in [-0.1, -0.05) is 19.1 Å². The van der Waals surface area contributed by atoms with E-state index in [-0.39, 0.29) is 5.82 Å². The van der Waals surface area contributed by atoms with Crippen LogP contribution in [-0.4, -0.2) is 37.2 Å². The Morgan fingerprint density at radius 3 is 2.81 bits per heavy atom. The molecule has 0 radical (unpaired) electrons. The van der Waals surface area contributed by atoms with Crippen molar-refractivity contribution in [3.63, 3.8) is 0 Å². The SMILES string of the molecule is CCOCCN(CC)Cc1cc(CNC2CC2)ccc1F. The van der Waals surface area contributed by atoms with Crippen LogP contribution in [0.2, 0.25) is 0 Å². The second-order valence-electron chi connectivity index (χ2n) is 5.65. The molecule has 0 amide bonds. The van der Waals surface area contributed by atoms with E-state index in [9.17, 15) is 4.39 Å². The van der Waals surface area contributed by atoms with Gasteiger partial charge in [0.15, 0.2) is 0 Å². The fourth-order valence-electron chi connectivity index (χ4n) is 2.34. The summed E-state index contributed by atoms with van der Waals surface area (Å²) in [5, 5.41) is 3.47. The van der Waals surface area contributed by atoms with Gasteiger partial charge in [0.1, 0.15) is 5.82 Å². The highest BCUT2D eigenvalue weighted by Gasteiger charge is 2.20. The van der Waals surface area contributed by atoms with Crippen molar-refractivity contribution < 1.29 is 9.13 Å². The fourth-order valence-corrected chi connectivity index (χ4v) is 2.34. The lowest BCUT2D eigenvalue weighted by molar-refractivity contribution is 0.112. The van der Waals surface area contributed by atoms with E-state index < -0.39 is 0 Å². The topological polar surface area (TPSA) is 24.5 Å². The predicted molar refractivity (Wildman–Crippen MR) is 83.7 cm³/mol. The maximum atomic E-state index is 14.0. The first kappa shape index (κ1) is 16.4. The Bertz CT molecular complexity index is 435. The Labute approximate surface area is 127 Å². The van der Waals surface area contributed by atoms with Gasteiger partial charge in [-0.3, -0.25) is 4.90 Å². The number of hydrogen-bond acceptors (Lipinski definition) is 3. The Balaban J connectivity index is 1.90. The van der Waals surface area contributed by atoms with Gasteiger partial charge in [0.25, 0.3) is 0 Å². The molecular formula is C17H27FN2O. The Morgan fingerprint density at radius 1 is 1.33 bits per heavy atom. The molecule has 1 saturated carbocycles. The van der Waals surface area contributed by atoms with Gasteiger partial charge in [-0.2, -0.15) is 0 Å². The van der Waals surface area contributed by atoms with Crippen LogP contribution in [0.1, 0.15) is 37.8 Å². The number of halogens is 1. The van der Waals surface area contributed by atoms with Crippen molar-refractivity contribution >= 4 is 0 Å². The van der Waals surface area contributed by atoms with Crippen LogP contribution in [0.5, 0.6) is 0 Å². The van der Waals surface area contributed by atoms with Gasteiger partial charge in [0.05, 0.1) is 6.61 Å². The molecular weight excluding hydrogens is 267 g/mol. The van der Waals surface area contributed by atoms with Crippen LogP contribution in [0, 0.1) is 5.82 Å². The molecule has 0 bridgehead atoms. The van der Waals surface area contributed by atoms with Gasteiger partial charge < -0.3 is 10.1 Å². The van der Waals surface area contributed by atoms with E-state index in [2.05, 4.69) is 17.1 Å². The van der Waals surface area contributed by atoms with E-state index in [1.54, 1.807) is 6.07 Å². The van der Waals surface area contributed by atoms with Crippen LogP contribution in [0.4, 0.5) is 4.39 Å². The molecule has 21 heavy (non-hydrogen) atoms. The molecule has 2 rings (SSSR count). The highest BCUT2D eigenvalue weighted by molar-refractivity contribution is 5.25. The molecule has 0 aromatic heterocycles. The zero-order valence-electron chi connectivity index (χ0n) is 13.2. The zero-order valence-corrected chi connectivity index (χ0v) is 13.2. The molecule has 1 fully saturated rings. The molecule has 0 heterocycles. The molecule has 0 spiro atoms. The number of benzene rings is 1. The lowest BCUT2D eigenvalue weighted by Crippen LogP contribution is -2.27. The summed E-state index contributed by atoms with van der Waals surface area (Å²) in [6, 6.07) is 6.14. The number of likely N-dealkylation sites (N-methyl/N-ethyl adjacent to an activating group) is 1. The normalized spacial score (nSPS) is 14.9. The van der Waals surface area contributed by atoms with E-state index in [4.69, 9.17) is 4.74 Å². The van der Waals surface area contributed by atoms with Gasteiger partial charge in [-0.05, 0) is 37.9 Å². The third-order valence-corrected chi connectivity index (χ3v) is 3.88. The summed E-state index contributed by atoms with van der Waals surface area (Å²) in [4.78, 5) is 2.21. The van der Waals surface area contributed by atoms with Crippen molar-refractivity contribution in [1.29, 1.82) is 0 Å². The average Bonchev–Trinajstić information content (AvgIpc) is 3.31. The van der Waals surface area contributed by atoms with Crippen LogP contribution in [0.15, 0.2) is 18.2 Å². The van der Waals surface area contributed by atoms with Crippen molar-refractivity contribution in [1.82, 2.24) is 10.2 Å². The van der Waals surface area contributed by atoms with E-state index >= 15 is 0 Å². The summed E-state index contributed by atoms with van der Waals surface area (Å²) < 4.78 is 19.4. The van der Waals surface area contributed by atoms with Gasteiger partial charge >= 0.3 is 0 Å². The van der Waals surface area contributed by atoms with Crippen LogP contribution in [-0.2, 0) is 17.8 Å². The number of nitrogens with zero attached hydrogens (tertiary/aromatic N) is 1. The third-order valence-electron chi connectivity index (χ3n) is 3.88. The maximum absolute atomic E-state index is 14.0. The van der Waals surface area contributed by atoms with Crippen LogP contribution in [0.25, 0.3) is 0 Å². The molecule has 1 aromatic rings. The van der Waals surface area contributed by atoms with Crippen LogP contribution >= 0.6 is 0 Å². The first-order chi connectivity index (χ1) is 10.2. The quantitative estimate of drug-likeness (QED) is 0.672. The molecule has 118 valence electrons. The minimum Gasteiger partial charge on any atom is -0.380 e. The highest BCUT2D eigenvalue weighted by Crippen LogP contribution is 2.20. The van der Waals surface area contributed by atoms with E-state index in [1.165, 1.54) is 18.4 Å². The van der Waals surface area contributed by atoms with Crippen molar-refractivity contribution in [2.45, 2.75) is 45.8 Å². The summed E-state index contributed by atoms with van der Waals surface area (Å²) >= 11 is 0. The fraction of sp³-hybridized carbons (Fsp3) is 0.647. The average molecular weight is 294 g/mol. The minimum absolute atomic E-state index is 0.111. The Morgan fingerprint density at radius 2 is 2.14 bits per heavy atom. The molecule has 4 heteroatoms. The molecule has 0 unspecified atom stereocenters. The number of ether oxygens (including phenoxy) is 1. The summed E-state index contributed by atoms with van der Waals surface area (Å²) in [5.74, 6) is -0.111. The predicted octanol–water partition coefficient (Wildman–Crippen LogP) is 2.94. The summed E-state index contributed by atoms with van der Waals surface area (Å²) in [5.41, 5.74) is 1.95. The smallest absolute Gasteiger partial charge is 0.127 e. The van der Waals surface area contributed by atoms with Crippen LogP contribution < -0.4 is 5.32 Å². The monoisotopic (exact) mass is 294 g/mol. The Kier molecular flexibility index (Phi) is 6.61. The number of nitrogens with one attached hydrogen (secondary N) is 1. The van der Waals surface area contributed by atoms with E-state index in [0.29, 0.717) is 19.2 Å². The van der Waals surface area contributed by atoms with Gasteiger partial charge in [0.2, 0.25) is 0 Å². The van der Waals surface area contributed by atoms with Gasteiger partial charge in [-0.25, -0.2) is 4.39 Å². The highest BCUT2D eigenvalue weighted by atomic mass is 19.1. The molecule has 1 aliphatic rings. The van der Waals surface area contributed by atoms with Crippen molar-refractivity contribution in [3.05, 3.63) is 35.1 Å². The standard InChI is InChI=1S/C17H27FN2O/c1-3-20(9-10-21-4-2)13-15-11-14(5-8-17(15)18)12-19-16-6-7-16/h5,8,11,16,19H,3-4,6-7,9-10,12-13H2,1-2H3. The van der Waals surface area contributed by atoms with Gasteiger partial charge in [-0.15, -0.1) is 0 Å². The van der Waals surface area contributed by atoms with E-state index in [1.807, 2.05) is 19.1 Å². The molecule has 1 aromatic carbocycles. The minimum atomic E-state index is -0.111. The summed E-state index contributed by atoms with van der Waals surface area (Å²) in [7, 11) is 0. The van der Waals surface area contributed by atoms with Gasteiger partial charge in [0, 0.05) is 37.8 Å². The van der Waals surface area contributed by atoms with Crippen molar-refractivity contribution in [3.8, 4) is 0 Å². The maximum Gasteiger partial charge on any atom is 0.127 e. The molecule has 0 aliphatic heterocycles. The lowest BCUT2D eigenvalue weighted by atomic mass is 10.1. The number of hydrogen-bond donors (Lipinski definition) is 1. The molecule has 3 nitrogen and oxygen atoms in total. The molecule has 1 aliphatic carbocycles. The van der Waals surface area contributed by atoms with Crippen LogP contribution in [0.3, 0.4) is 0 Å². The van der Waals surface area contributed by atoms with Crippen molar-refractivity contribution in [2.24, 2.45) is 0 Å². The molecule has 0 atom stereocenters. The molecule has 0 saturated heterocycles. The second-order valence-corrected chi connectivity index (χ2v) is 5.65.